The minimum Gasteiger partial charge on any atom is -0.318 e. The Balaban J connectivity index is 1.96. The number of carbonyl (C=O) groups is 1. The van der Waals surface area contributed by atoms with Gasteiger partial charge in [-0.25, -0.2) is 0 Å². The molecule has 6 heteroatoms. The Labute approximate surface area is 182 Å². The molecule has 0 bridgehead atoms. The largest absolute Gasteiger partial charge is 0.318 e. The molecule has 0 fully saturated rings. The molecule has 3 aromatic carbocycles. The molecule has 0 saturated heterocycles. The van der Waals surface area contributed by atoms with Crippen molar-refractivity contribution in [1.82, 2.24) is 4.90 Å². The van der Waals surface area contributed by atoms with Gasteiger partial charge in [-0.2, -0.15) is 0 Å². The van der Waals surface area contributed by atoms with Crippen molar-refractivity contribution in [1.29, 1.82) is 0 Å². The fourth-order valence-corrected chi connectivity index (χ4v) is 6.17. The van der Waals surface area contributed by atoms with Crippen molar-refractivity contribution in [2.24, 2.45) is 0 Å². The van der Waals surface area contributed by atoms with E-state index in [2.05, 4.69) is 0 Å². The molecule has 0 aliphatic heterocycles. The number of hydrogen-bond donors (Lipinski definition) is 0. The molecular weight excluding hydrogens is 414 g/mol. The van der Waals surface area contributed by atoms with E-state index in [9.17, 15) is 13.2 Å². The van der Waals surface area contributed by atoms with E-state index < -0.39 is 32.1 Å². The Kier molecular flexibility index (Phi) is 7.49. The molecule has 0 aliphatic carbocycles. The van der Waals surface area contributed by atoms with Crippen LogP contribution in [-0.4, -0.2) is 30.9 Å². The lowest BCUT2D eigenvalue weighted by molar-refractivity contribution is -0.126. The van der Waals surface area contributed by atoms with Gasteiger partial charge < -0.3 is 4.90 Å². The Bertz CT molecular complexity index is 1020. The lowest BCUT2D eigenvalue weighted by Gasteiger charge is -2.24. The molecule has 0 heterocycles. The molecule has 0 radical (unpaired) electrons. The van der Waals surface area contributed by atoms with Gasteiger partial charge in [0.15, 0.2) is 4.58 Å². The van der Waals surface area contributed by atoms with Crippen molar-refractivity contribution < 1.29 is 13.2 Å². The van der Waals surface area contributed by atoms with E-state index in [-0.39, 0.29) is 0 Å². The molecule has 0 aromatic heterocycles. The zero-order valence-corrected chi connectivity index (χ0v) is 18.4. The molecular formula is C24H23NO3S2. The smallest absolute Gasteiger partial charge is 0.255 e. The Morgan fingerprint density at radius 2 is 1.17 bits per heavy atom. The van der Waals surface area contributed by atoms with Crippen molar-refractivity contribution in [3.8, 4) is 0 Å². The summed E-state index contributed by atoms with van der Waals surface area (Å²) in [4.78, 5) is 15.8. The summed E-state index contributed by atoms with van der Waals surface area (Å²) in [6.45, 7) is 1.80. The van der Waals surface area contributed by atoms with Crippen LogP contribution in [0.4, 0.5) is 0 Å². The van der Waals surface area contributed by atoms with E-state index >= 15 is 0 Å². The first-order valence-corrected chi connectivity index (χ1v) is 11.8. The molecule has 0 aliphatic rings. The van der Waals surface area contributed by atoms with E-state index in [0.717, 1.165) is 5.56 Å². The predicted octanol–water partition coefficient (Wildman–Crippen LogP) is 4.45. The van der Waals surface area contributed by atoms with Crippen LogP contribution in [0.15, 0.2) is 106 Å². The maximum Gasteiger partial charge on any atom is 0.255 e. The topological polar surface area (TPSA) is 54.5 Å². The van der Waals surface area contributed by atoms with Crippen molar-refractivity contribution in [2.45, 2.75) is 21.3 Å². The Hall–Kier alpha value is -2.83. The standard InChI is InChI=1S/C24H23NO3S2/c1-19(18-20-12-6-3-7-13-20)25(2)23(26)24(29(27)21-14-8-4-9-15-21)30(28)22-16-10-5-11-17-22/h3-18,24H,1-2H3/b19-18+. The highest BCUT2D eigenvalue weighted by molar-refractivity contribution is 8.04. The summed E-state index contributed by atoms with van der Waals surface area (Å²) < 4.78 is 25.5. The lowest BCUT2D eigenvalue weighted by Crippen LogP contribution is -2.40. The van der Waals surface area contributed by atoms with Gasteiger partial charge in [-0.15, -0.1) is 0 Å². The van der Waals surface area contributed by atoms with Crippen LogP contribution in [0, 0.1) is 0 Å². The van der Waals surface area contributed by atoms with Crippen molar-refractivity contribution >= 4 is 33.6 Å². The molecule has 2 unspecified atom stereocenters. The maximum absolute atomic E-state index is 13.4. The predicted molar refractivity (Wildman–Crippen MR) is 122 cm³/mol. The van der Waals surface area contributed by atoms with Gasteiger partial charge in [-0.05, 0) is 42.8 Å². The first kappa shape index (κ1) is 21.9. The van der Waals surface area contributed by atoms with Crippen molar-refractivity contribution in [3.05, 3.63) is 102 Å². The second-order valence-electron chi connectivity index (χ2n) is 6.65. The van der Waals surface area contributed by atoms with Crippen LogP contribution in [-0.2, 0) is 26.4 Å². The van der Waals surface area contributed by atoms with Gasteiger partial charge in [0.25, 0.3) is 5.91 Å². The van der Waals surface area contributed by atoms with Crippen LogP contribution in [0.25, 0.3) is 6.08 Å². The number of amides is 1. The van der Waals surface area contributed by atoms with Crippen LogP contribution in [0.5, 0.6) is 0 Å². The number of hydrogen-bond acceptors (Lipinski definition) is 3. The van der Waals surface area contributed by atoms with Gasteiger partial charge in [0.2, 0.25) is 0 Å². The molecule has 3 aromatic rings. The van der Waals surface area contributed by atoms with Crippen molar-refractivity contribution in [3.63, 3.8) is 0 Å². The van der Waals surface area contributed by atoms with Crippen molar-refractivity contribution in [2.75, 3.05) is 7.05 Å². The average molecular weight is 438 g/mol. The number of carbonyl (C=O) groups excluding carboxylic acids is 1. The normalized spacial score (nSPS) is 14.5. The third-order valence-corrected chi connectivity index (χ3v) is 8.28. The molecule has 1 amide bonds. The van der Waals surface area contributed by atoms with Gasteiger partial charge in [0, 0.05) is 22.5 Å². The summed E-state index contributed by atoms with van der Waals surface area (Å²) >= 11 is 0. The van der Waals surface area contributed by atoms with Crippen LogP contribution in [0.1, 0.15) is 12.5 Å². The molecule has 0 N–H and O–H groups in total. The molecule has 4 nitrogen and oxygen atoms in total. The highest BCUT2D eigenvalue weighted by Crippen LogP contribution is 2.22. The summed E-state index contributed by atoms with van der Waals surface area (Å²) in [5.74, 6) is -0.455. The molecule has 154 valence electrons. The lowest BCUT2D eigenvalue weighted by atomic mass is 10.2. The number of benzene rings is 3. The Morgan fingerprint density at radius 3 is 1.60 bits per heavy atom. The van der Waals surface area contributed by atoms with Crippen LogP contribution >= 0.6 is 0 Å². The summed E-state index contributed by atoms with van der Waals surface area (Å²) in [7, 11) is -1.95. The summed E-state index contributed by atoms with van der Waals surface area (Å²) in [6, 6.07) is 27.0. The minimum atomic E-state index is -1.78. The maximum atomic E-state index is 13.4. The number of nitrogens with zero attached hydrogens (tertiary/aromatic N) is 1. The summed E-state index contributed by atoms with van der Waals surface area (Å²) in [5, 5.41) is 0. The third-order valence-electron chi connectivity index (χ3n) is 4.58. The third kappa shape index (κ3) is 5.20. The Morgan fingerprint density at radius 1 is 0.767 bits per heavy atom. The first-order valence-electron chi connectivity index (χ1n) is 9.41. The molecule has 0 saturated carbocycles. The summed E-state index contributed by atoms with van der Waals surface area (Å²) in [6.07, 6.45) is 1.87. The van der Waals surface area contributed by atoms with Gasteiger partial charge in [-0.3, -0.25) is 13.2 Å². The quantitative estimate of drug-likeness (QED) is 0.549. The highest BCUT2D eigenvalue weighted by Gasteiger charge is 2.35. The fourth-order valence-electron chi connectivity index (χ4n) is 2.84. The van der Waals surface area contributed by atoms with Crippen LogP contribution in [0.2, 0.25) is 0 Å². The highest BCUT2D eigenvalue weighted by atomic mass is 32.2. The van der Waals surface area contributed by atoms with E-state index in [1.54, 1.807) is 62.5 Å². The van der Waals surface area contributed by atoms with E-state index in [1.807, 2.05) is 48.5 Å². The van der Waals surface area contributed by atoms with E-state index in [0.29, 0.717) is 15.5 Å². The number of allylic oxidation sites excluding steroid dienone is 1. The SMILES string of the molecule is C/C(=C\c1ccccc1)N(C)C(=O)C(S(=O)c1ccccc1)S(=O)c1ccccc1. The van der Waals surface area contributed by atoms with Gasteiger partial charge >= 0.3 is 0 Å². The monoisotopic (exact) mass is 437 g/mol. The molecule has 0 spiro atoms. The van der Waals surface area contributed by atoms with Gasteiger partial charge in [0.05, 0.1) is 21.6 Å². The van der Waals surface area contributed by atoms with E-state index in [1.165, 1.54) is 4.90 Å². The zero-order valence-electron chi connectivity index (χ0n) is 16.8. The zero-order chi connectivity index (χ0) is 21.5. The second-order valence-corrected chi connectivity index (χ2v) is 10.0. The second kappa shape index (κ2) is 10.3. The van der Waals surface area contributed by atoms with Crippen LogP contribution in [0.3, 0.4) is 0 Å². The van der Waals surface area contributed by atoms with Gasteiger partial charge in [0.1, 0.15) is 0 Å². The number of rotatable bonds is 7. The molecule has 30 heavy (non-hydrogen) atoms. The van der Waals surface area contributed by atoms with Gasteiger partial charge in [-0.1, -0.05) is 66.7 Å². The molecule has 3 rings (SSSR count). The average Bonchev–Trinajstić information content (AvgIpc) is 2.80. The first-order chi connectivity index (χ1) is 14.5. The van der Waals surface area contributed by atoms with Crippen LogP contribution < -0.4 is 0 Å². The molecule has 2 atom stereocenters. The fraction of sp³-hybridized carbons (Fsp3) is 0.125. The minimum absolute atomic E-state index is 0.455. The summed E-state index contributed by atoms with van der Waals surface area (Å²) in [5.41, 5.74) is 1.62. The van der Waals surface area contributed by atoms with E-state index in [4.69, 9.17) is 0 Å².